The Bertz CT molecular complexity index is 985. The SMILES string of the molecule is Cc1ccc(NC(=O)CSc2nnc(C3CC3)n2Cc2ccccc2)cc1F. The van der Waals surface area contributed by atoms with Crippen molar-refractivity contribution in [2.75, 3.05) is 11.1 Å². The van der Waals surface area contributed by atoms with E-state index in [2.05, 4.69) is 32.2 Å². The summed E-state index contributed by atoms with van der Waals surface area (Å²) in [5.74, 6) is 1.12. The number of carbonyl (C=O) groups excluding carboxylic acids is 1. The summed E-state index contributed by atoms with van der Waals surface area (Å²) in [6.07, 6.45) is 2.27. The minimum absolute atomic E-state index is 0.188. The van der Waals surface area contributed by atoms with Gasteiger partial charge in [0.05, 0.1) is 12.3 Å². The molecule has 1 amide bonds. The second kappa shape index (κ2) is 8.14. The Morgan fingerprint density at radius 3 is 2.71 bits per heavy atom. The molecule has 1 fully saturated rings. The fraction of sp³-hybridized carbons (Fsp3) is 0.286. The summed E-state index contributed by atoms with van der Waals surface area (Å²) in [6.45, 7) is 2.38. The van der Waals surface area contributed by atoms with Crippen LogP contribution in [0.25, 0.3) is 0 Å². The Morgan fingerprint density at radius 2 is 2.00 bits per heavy atom. The molecular formula is C21H21FN4OS. The van der Waals surface area contributed by atoms with Gasteiger partial charge >= 0.3 is 0 Å². The third-order valence-corrected chi connectivity index (χ3v) is 5.63. The Morgan fingerprint density at radius 1 is 1.21 bits per heavy atom. The van der Waals surface area contributed by atoms with Crippen LogP contribution in [-0.4, -0.2) is 26.4 Å². The first-order valence-electron chi connectivity index (χ1n) is 9.26. The molecule has 3 aromatic rings. The molecule has 1 heterocycles. The molecular weight excluding hydrogens is 375 g/mol. The highest BCUT2D eigenvalue weighted by molar-refractivity contribution is 7.99. The normalized spacial score (nSPS) is 13.5. The lowest BCUT2D eigenvalue weighted by molar-refractivity contribution is -0.113. The van der Waals surface area contributed by atoms with Gasteiger partial charge in [0.25, 0.3) is 0 Å². The van der Waals surface area contributed by atoms with Crippen LogP contribution in [0.2, 0.25) is 0 Å². The molecule has 1 aliphatic carbocycles. The van der Waals surface area contributed by atoms with E-state index in [-0.39, 0.29) is 17.5 Å². The maximum absolute atomic E-state index is 13.6. The van der Waals surface area contributed by atoms with Gasteiger partial charge in [0.15, 0.2) is 5.16 Å². The van der Waals surface area contributed by atoms with Gasteiger partial charge < -0.3 is 9.88 Å². The van der Waals surface area contributed by atoms with E-state index in [1.165, 1.54) is 23.4 Å². The first-order chi connectivity index (χ1) is 13.6. The van der Waals surface area contributed by atoms with Crippen LogP contribution < -0.4 is 5.32 Å². The van der Waals surface area contributed by atoms with Crippen LogP contribution in [0.5, 0.6) is 0 Å². The van der Waals surface area contributed by atoms with Crippen molar-refractivity contribution in [2.24, 2.45) is 0 Å². The Kier molecular flexibility index (Phi) is 5.43. The van der Waals surface area contributed by atoms with Crippen molar-refractivity contribution in [3.8, 4) is 0 Å². The molecule has 7 heteroatoms. The number of amides is 1. The predicted molar refractivity (Wildman–Crippen MR) is 108 cm³/mol. The lowest BCUT2D eigenvalue weighted by Crippen LogP contribution is -2.15. The molecule has 0 spiro atoms. The number of hydrogen-bond acceptors (Lipinski definition) is 4. The zero-order valence-corrected chi connectivity index (χ0v) is 16.4. The predicted octanol–water partition coefficient (Wildman–Crippen LogP) is 4.38. The monoisotopic (exact) mass is 396 g/mol. The number of benzene rings is 2. The molecule has 0 radical (unpaired) electrons. The quantitative estimate of drug-likeness (QED) is 0.602. The van der Waals surface area contributed by atoms with Crippen LogP contribution >= 0.6 is 11.8 Å². The van der Waals surface area contributed by atoms with Crippen molar-refractivity contribution in [3.63, 3.8) is 0 Å². The molecule has 144 valence electrons. The van der Waals surface area contributed by atoms with Crippen LogP contribution in [0.15, 0.2) is 53.7 Å². The van der Waals surface area contributed by atoms with Crippen molar-refractivity contribution in [2.45, 2.75) is 37.4 Å². The van der Waals surface area contributed by atoms with Gasteiger partial charge in [-0.25, -0.2) is 4.39 Å². The summed E-state index contributed by atoms with van der Waals surface area (Å²) in [6, 6.07) is 14.8. The molecule has 28 heavy (non-hydrogen) atoms. The maximum atomic E-state index is 13.6. The second-order valence-corrected chi connectivity index (χ2v) is 7.93. The highest BCUT2D eigenvalue weighted by Crippen LogP contribution is 2.40. The number of rotatable bonds is 7. The highest BCUT2D eigenvalue weighted by Gasteiger charge is 2.30. The van der Waals surface area contributed by atoms with E-state index < -0.39 is 0 Å². The molecule has 1 N–H and O–H groups in total. The van der Waals surface area contributed by atoms with Gasteiger partial charge in [0.1, 0.15) is 11.6 Å². The number of aryl methyl sites for hydroxylation is 1. The van der Waals surface area contributed by atoms with Gasteiger partial charge in [-0.05, 0) is 43.0 Å². The van der Waals surface area contributed by atoms with E-state index >= 15 is 0 Å². The molecule has 0 aliphatic heterocycles. The number of aromatic nitrogens is 3. The fourth-order valence-corrected chi connectivity index (χ4v) is 3.71. The average molecular weight is 396 g/mol. The van der Waals surface area contributed by atoms with Gasteiger partial charge in [-0.2, -0.15) is 0 Å². The Labute approximate surface area is 167 Å². The van der Waals surface area contributed by atoms with Gasteiger partial charge in [-0.3, -0.25) is 4.79 Å². The van der Waals surface area contributed by atoms with Gasteiger partial charge in [0.2, 0.25) is 5.91 Å². The molecule has 4 rings (SSSR count). The van der Waals surface area contributed by atoms with Crippen LogP contribution in [0.4, 0.5) is 10.1 Å². The molecule has 1 saturated carbocycles. The van der Waals surface area contributed by atoms with Crippen LogP contribution in [-0.2, 0) is 11.3 Å². The van der Waals surface area contributed by atoms with Crippen molar-refractivity contribution in [1.29, 1.82) is 0 Å². The fourth-order valence-electron chi connectivity index (χ4n) is 2.96. The van der Waals surface area contributed by atoms with Crippen LogP contribution in [0, 0.1) is 12.7 Å². The highest BCUT2D eigenvalue weighted by atomic mass is 32.2. The van der Waals surface area contributed by atoms with E-state index in [0.29, 0.717) is 23.7 Å². The zero-order valence-electron chi connectivity index (χ0n) is 15.6. The summed E-state index contributed by atoms with van der Waals surface area (Å²) < 4.78 is 15.8. The number of nitrogens with zero attached hydrogens (tertiary/aromatic N) is 3. The van der Waals surface area contributed by atoms with E-state index in [4.69, 9.17) is 0 Å². The summed E-state index contributed by atoms with van der Waals surface area (Å²) >= 11 is 1.35. The zero-order chi connectivity index (χ0) is 19.5. The minimum Gasteiger partial charge on any atom is -0.325 e. The van der Waals surface area contributed by atoms with Gasteiger partial charge in [-0.15, -0.1) is 10.2 Å². The number of carbonyl (C=O) groups is 1. The first kappa shape index (κ1) is 18.7. The lowest BCUT2D eigenvalue weighted by Gasteiger charge is -2.10. The van der Waals surface area contributed by atoms with Gasteiger partial charge in [0, 0.05) is 11.6 Å². The number of thioether (sulfide) groups is 1. The third-order valence-electron chi connectivity index (χ3n) is 4.66. The Hall–Kier alpha value is -2.67. The number of nitrogens with one attached hydrogen (secondary N) is 1. The smallest absolute Gasteiger partial charge is 0.234 e. The molecule has 1 aliphatic rings. The van der Waals surface area contributed by atoms with E-state index in [9.17, 15) is 9.18 Å². The number of anilines is 1. The topological polar surface area (TPSA) is 59.8 Å². The summed E-state index contributed by atoms with van der Waals surface area (Å²) in [5, 5.41) is 12.1. The minimum atomic E-state index is -0.331. The van der Waals surface area contributed by atoms with E-state index in [1.807, 2.05) is 18.2 Å². The van der Waals surface area contributed by atoms with Crippen molar-refractivity contribution in [3.05, 3.63) is 71.3 Å². The molecule has 5 nitrogen and oxygen atoms in total. The van der Waals surface area contributed by atoms with E-state index in [1.54, 1.807) is 19.1 Å². The van der Waals surface area contributed by atoms with E-state index in [0.717, 1.165) is 23.8 Å². The largest absolute Gasteiger partial charge is 0.325 e. The van der Waals surface area contributed by atoms with Crippen molar-refractivity contribution >= 4 is 23.4 Å². The lowest BCUT2D eigenvalue weighted by atomic mass is 10.2. The molecule has 1 aromatic heterocycles. The second-order valence-electron chi connectivity index (χ2n) is 6.99. The first-order valence-corrected chi connectivity index (χ1v) is 10.2. The molecule has 2 aromatic carbocycles. The average Bonchev–Trinajstić information content (AvgIpc) is 3.46. The number of hydrogen-bond donors (Lipinski definition) is 1. The summed E-state index contributed by atoms with van der Waals surface area (Å²) in [5.41, 5.74) is 2.18. The third kappa shape index (κ3) is 4.42. The summed E-state index contributed by atoms with van der Waals surface area (Å²) in [7, 11) is 0. The number of halogens is 1. The van der Waals surface area contributed by atoms with Gasteiger partial charge in [-0.1, -0.05) is 48.2 Å². The van der Waals surface area contributed by atoms with Crippen LogP contribution in [0.3, 0.4) is 0 Å². The summed E-state index contributed by atoms with van der Waals surface area (Å²) in [4.78, 5) is 12.3. The Balaban J connectivity index is 1.44. The molecule has 0 unspecified atom stereocenters. The molecule has 0 bridgehead atoms. The van der Waals surface area contributed by atoms with Crippen molar-refractivity contribution < 1.29 is 9.18 Å². The molecule has 0 saturated heterocycles. The standard InChI is InChI=1S/C21H21FN4OS/c1-14-7-10-17(11-18(14)22)23-19(27)13-28-21-25-24-20(16-8-9-16)26(21)12-15-5-3-2-4-6-15/h2-7,10-11,16H,8-9,12-13H2,1H3,(H,23,27). The molecule has 0 atom stereocenters. The van der Waals surface area contributed by atoms with Crippen LogP contribution in [0.1, 0.15) is 35.7 Å². The van der Waals surface area contributed by atoms with Crippen molar-refractivity contribution in [1.82, 2.24) is 14.8 Å². The maximum Gasteiger partial charge on any atom is 0.234 e.